The van der Waals surface area contributed by atoms with E-state index < -0.39 is 27.7 Å². The van der Waals surface area contributed by atoms with Crippen LogP contribution < -0.4 is 15.4 Å². The number of amides is 3. The van der Waals surface area contributed by atoms with Crippen LogP contribution in [0.15, 0.2) is 96.2 Å². The summed E-state index contributed by atoms with van der Waals surface area (Å²) >= 11 is 5.95. The summed E-state index contributed by atoms with van der Waals surface area (Å²) in [6.07, 6.45) is 3.28. The van der Waals surface area contributed by atoms with Crippen LogP contribution in [0.2, 0.25) is 5.02 Å². The average Bonchev–Trinajstić information content (AvgIpc) is 3.41. The normalized spacial score (nSPS) is 18.2. The molecule has 1 unspecified atom stereocenters. The molecule has 0 spiro atoms. The van der Waals surface area contributed by atoms with Gasteiger partial charge in [-0.25, -0.2) is 27.7 Å². The minimum atomic E-state index is -4.18. The van der Waals surface area contributed by atoms with Gasteiger partial charge in [-0.15, -0.1) is 0 Å². The highest BCUT2D eigenvalue weighted by atomic mass is 35.5. The van der Waals surface area contributed by atoms with E-state index in [1.165, 1.54) is 25.3 Å². The van der Waals surface area contributed by atoms with Crippen molar-refractivity contribution in [2.75, 3.05) is 12.4 Å². The number of carbonyl (C=O) groups excluding carboxylic acids is 2. The van der Waals surface area contributed by atoms with Crippen LogP contribution in [0.1, 0.15) is 23.7 Å². The summed E-state index contributed by atoms with van der Waals surface area (Å²) in [5.41, 5.74) is 1.26. The van der Waals surface area contributed by atoms with Gasteiger partial charge in [-0.3, -0.25) is 5.32 Å². The summed E-state index contributed by atoms with van der Waals surface area (Å²) in [7, 11) is -2.89. The van der Waals surface area contributed by atoms with E-state index in [1.54, 1.807) is 42.7 Å². The number of ether oxygens (including phenoxy) is 1. The van der Waals surface area contributed by atoms with Gasteiger partial charge >= 0.3 is 12.1 Å². The van der Waals surface area contributed by atoms with Crippen LogP contribution in [0.5, 0.6) is 0 Å². The molecule has 12 heteroatoms. The first-order valence-electron chi connectivity index (χ1n) is 11.9. The van der Waals surface area contributed by atoms with Gasteiger partial charge in [0.2, 0.25) is 0 Å². The van der Waals surface area contributed by atoms with Crippen LogP contribution >= 0.6 is 11.6 Å². The van der Waals surface area contributed by atoms with E-state index >= 15 is 0 Å². The number of nitrogens with zero attached hydrogens (tertiary/aromatic N) is 2. The lowest BCUT2D eigenvalue weighted by Crippen LogP contribution is -2.46. The molecule has 0 radical (unpaired) electrons. The van der Waals surface area contributed by atoms with E-state index in [9.17, 15) is 18.0 Å². The van der Waals surface area contributed by atoms with Gasteiger partial charge in [-0.05, 0) is 54.4 Å². The van der Waals surface area contributed by atoms with Crippen molar-refractivity contribution in [1.29, 1.82) is 0 Å². The number of halogens is 1. The topological polar surface area (TPSA) is 131 Å². The number of methoxy groups -OCH3 is 1. The molecule has 1 aliphatic rings. The lowest BCUT2D eigenvalue weighted by atomic mass is 10.1. The molecule has 39 heavy (non-hydrogen) atoms. The van der Waals surface area contributed by atoms with E-state index in [-0.39, 0.29) is 15.8 Å². The molecule has 1 saturated carbocycles. The lowest BCUT2D eigenvalue weighted by molar-refractivity contribution is 0.187. The number of aromatic nitrogens is 2. The summed E-state index contributed by atoms with van der Waals surface area (Å²) in [5, 5.41) is 5.73. The molecular weight excluding hydrogens is 542 g/mol. The van der Waals surface area contributed by atoms with Crippen molar-refractivity contribution >= 4 is 39.4 Å². The Kier molecular flexibility index (Phi) is 7.02. The number of anilines is 1. The van der Waals surface area contributed by atoms with Crippen molar-refractivity contribution in [3.8, 4) is 5.69 Å². The molecule has 3 amide bonds. The Morgan fingerprint density at radius 2 is 1.79 bits per heavy atom. The third-order valence-corrected chi connectivity index (χ3v) is 8.01. The fourth-order valence-corrected chi connectivity index (χ4v) is 5.76. The number of imidazole rings is 1. The van der Waals surface area contributed by atoms with Gasteiger partial charge in [0.05, 0.1) is 12.0 Å². The smallest absolute Gasteiger partial charge is 0.411 e. The Balaban J connectivity index is 1.45. The zero-order valence-electron chi connectivity index (χ0n) is 20.7. The van der Waals surface area contributed by atoms with Crippen LogP contribution in [0.25, 0.3) is 5.69 Å². The molecular formula is C27H24ClN5O5S. The van der Waals surface area contributed by atoms with Crippen LogP contribution in [-0.4, -0.2) is 37.2 Å². The molecule has 0 aliphatic heterocycles. The maximum absolute atomic E-state index is 13.1. The summed E-state index contributed by atoms with van der Waals surface area (Å²) < 4.78 is 34.3. The third kappa shape index (κ3) is 5.45. The summed E-state index contributed by atoms with van der Waals surface area (Å²) in [6, 6.07) is 21.4. The second-order valence-electron chi connectivity index (χ2n) is 8.94. The van der Waals surface area contributed by atoms with E-state index in [4.69, 9.17) is 11.6 Å². The van der Waals surface area contributed by atoms with Crippen molar-refractivity contribution in [3.05, 3.63) is 108 Å². The zero-order chi connectivity index (χ0) is 27.6. The fourth-order valence-electron chi connectivity index (χ4n) is 4.55. The standard InChI is InChI=1S/C27H24ClN5O5S/c1-38-26(35)30-20-10-12-21(13-11-20)33-15-14-29-24(33)27(17-23(27)18-6-3-2-4-7-18)31-25(34)32-39(36,37)22-9-5-8-19(28)16-22/h2-16,23H,17H2,1H3,(H,30,35)(H2,31,32,34)/t23-,27?/m1/s1. The van der Waals surface area contributed by atoms with Gasteiger partial charge in [-0.1, -0.05) is 48.0 Å². The molecule has 1 fully saturated rings. The molecule has 1 aliphatic carbocycles. The molecule has 0 saturated heterocycles. The van der Waals surface area contributed by atoms with Crippen LogP contribution in [0.4, 0.5) is 15.3 Å². The van der Waals surface area contributed by atoms with Crippen LogP contribution in [-0.2, 0) is 20.3 Å². The molecule has 2 atom stereocenters. The van der Waals surface area contributed by atoms with E-state index in [1.807, 2.05) is 34.9 Å². The minimum Gasteiger partial charge on any atom is -0.453 e. The Morgan fingerprint density at radius 1 is 1.05 bits per heavy atom. The highest BCUT2D eigenvalue weighted by Crippen LogP contribution is 2.58. The largest absolute Gasteiger partial charge is 0.453 e. The number of hydrogen-bond acceptors (Lipinski definition) is 6. The summed E-state index contributed by atoms with van der Waals surface area (Å²) in [4.78, 5) is 29.1. The Morgan fingerprint density at radius 3 is 2.49 bits per heavy atom. The number of carbonyl (C=O) groups is 2. The van der Waals surface area contributed by atoms with Gasteiger partial charge in [0.15, 0.2) is 0 Å². The van der Waals surface area contributed by atoms with Gasteiger partial charge in [0, 0.05) is 34.7 Å². The number of hydrogen-bond donors (Lipinski definition) is 3. The lowest BCUT2D eigenvalue weighted by Gasteiger charge is -2.22. The highest BCUT2D eigenvalue weighted by Gasteiger charge is 2.60. The molecule has 10 nitrogen and oxygen atoms in total. The van der Waals surface area contributed by atoms with Crippen molar-refractivity contribution < 1.29 is 22.7 Å². The van der Waals surface area contributed by atoms with Gasteiger partial charge in [0.25, 0.3) is 10.0 Å². The molecule has 0 bridgehead atoms. The molecule has 4 aromatic rings. The minimum absolute atomic E-state index is 0.128. The monoisotopic (exact) mass is 565 g/mol. The Bertz CT molecular complexity index is 1630. The second kappa shape index (κ2) is 10.4. The predicted molar refractivity (Wildman–Crippen MR) is 145 cm³/mol. The number of urea groups is 1. The first kappa shape index (κ1) is 26.3. The molecule has 3 N–H and O–H groups in total. The first-order chi connectivity index (χ1) is 18.7. The Labute approximate surface area is 230 Å². The second-order valence-corrected chi connectivity index (χ2v) is 11.1. The van der Waals surface area contributed by atoms with Crippen LogP contribution in [0, 0.1) is 0 Å². The number of rotatable bonds is 7. The van der Waals surface area contributed by atoms with Crippen LogP contribution in [0.3, 0.4) is 0 Å². The first-order valence-corrected chi connectivity index (χ1v) is 13.7. The predicted octanol–water partition coefficient (Wildman–Crippen LogP) is 4.77. The third-order valence-electron chi connectivity index (χ3n) is 6.45. The molecule has 3 aromatic carbocycles. The maximum Gasteiger partial charge on any atom is 0.411 e. The Hall–Kier alpha value is -4.35. The van der Waals surface area contributed by atoms with E-state index in [0.717, 1.165) is 11.3 Å². The maximum atomic E-state index is 13.1. The molecule has 200 valence electrons. The van der Waals surface area contributed by atoms with Gasteiger partial charge < -0.3 is 14.6 Å². The highest BCUT2D eigenvalue weighted by molar-refractivity contribution is 7.90. The summed E-state index contributed by atoms with van der Waals surface area (Å²) in [5.74, 6) is 0.375. The van der Waals surface area contributed by atoms with E-state index in [2.05, 4.69) is 25.1 Å². The SMILES string of the molecule is COC(=O)Nc1ccc(-n2ccnc2C2(NC(=O)NS(=O)(=O)c3cccc(Cl)c3)C[C@@H]2c2ccccc2)cc1. The molecule has 1 heterocycles. The van der Waals surface area contributed by atoms with Crippen molar-refractivity contribution in [2.24, 2.45) is 0 Å². The number of nitrogens with one attached hydrogen (secondary N) is 3. The number of sulfonamides is 1. The van der Waals surface area contributed by atoms with E-state index in [0.29, 0.717) is 17.9 Å². The van der Waals surface area contributed by atoms with Crippen molar-refractivity contribution in [3.63, 3.8) is 0 Å². The van der Waals surface area contributed by atoms with Gasteiger partial charge in [0.1, 0.15) is 11.4 Å². The van der Waals surface area contributed by atoms with Crippen molar-refractivity contribution in [1.82, 2.24) is 19.6 Å². The molecule has 5 rings (SSSR count). The molecule has 1 aromatic heterocycles. The quantitative estimate of drug-likeness (QED) is 0.296. The van der Waals surface area contributed by atoms with Crippen molar-refractivity contribution in [2.45, 2.75) is 22.8 Å². The number of benzene rings is 3. The fraction of sp³-hybridized carbons (Fsp3) is 0.148. The average molecular weight is 566 g/mol. The van der Waals surface area contributed by atoms with Gasteiger partial charge in [-0.2, -0.15) is 0 Å². The zero-order valence-corrected chi connectivity index (χ0v) is 22.2. The summed E-state index contributed by atoms with van der Waals surface area (Å²) in [6.45, 7) is 0.